The minimum atomic E-state index is -0.248. The van der Waals surface area contributed by atoms with Crippen molar-refractivity contribution in [2.24, 2.45) is 0 Å². The van der Waals surface area contributed by atoms with Crippen LogP contribution in [-0.4, -0.2) is 9.97 Å². The minimum Gasteiger partial charge on any atom is -0.464 e. The maximum Gasteiger partial charge on any atom is 0.196 e. The largest absolute Gasteiger partial charge is 0.464 e. The van der Waals surface area contributed by atoms with Crippen molar-refractivity contribution in [2.45, 2.75) is 24.6 Å². The van der Waals surface area contributed by atoms with Gasteiger partial charge in [-0.3, -0.25) is 0 Å². The van der Waals surface area contributed by atoms with Crippen molar-refractivity contribution in [3.63, 3.8) is 0 Å². The fourth-order valence-electron chi connectivity index (χ4n) is 8.80. The first-order valence-corrected chi connectivity index (χ1v) is 20.3. The van der Waals surface area contributed by atoms with E-state index in [-0.39, 0.29) is 18.2 Å². The standard InChI is InChI=1S/C54H40N4O/c1-5-14-35(15-6-1)41-22-13-23-42(32-41)43-28-29-44-48(33-43)55-51(45-30-31-49-52(50(44)45)58-54(59-49)40-20-11-4-12-21-40)38-26-24-37(25-27-38)47-34-46(36-16-7-2-8-17-36)56-53(57-47)39-18-9-3-10-19-39/h1-28,30-34,44,51,54-55,58H,29H2. The predicted octanol–water partition coefficient (Wildman–Crippen LogP) is 12.8. The lowest BCUT2D eigenvalue weighted by Gasteiger charge is -2.38. The van der Waals surface area contributed by atoms with Crippen molar-refractivity contribution in [1.82, 2.24) is 15.3 Å². The van der Waals surface area contributed by atoms with Crippen LogP contribution in [0.4, 0.5) is 5.69 Å². The molecular formula is C54H40N4O. The third kappa shape index (κ3) is 6.57. The molecule has 0 amide bonds. The molecule has 7 aromatic carbocycles. The summed E-state index contributed by atoms with van der Waals surface area (Å²) < 4.78 is 6.59. The molecule has 1 aromatic heterocycles. The summed E-state index contributed by atoms with van der Waals surface area (Å²) >= 11 is 0. The van der Waals surface area contributed by atoms with Gasteiger partial charge >= 0.3 is 0 Å². The van der Waals surface area contributed by atoms with E-state index in [4.69, 9.17) is 14.7 Å². The van der Waals surface area contributed by atoms with E-state index >= 15 is 0 Å². The van der Waals surface area contributed by atoms with Gasteiger partial charge in [0.25, 0.3) is 0 Å². The average molecular weight is 761 g/mol. The molecule has 2 N–H and O–H groups in total. The molecule has 59 heavy (non-hydrogen) atoms. The first kappa shape index (κ1) is 34.7. The van der Waals surface area contributed by atoms with Crippen LogP contribution in [0.5, 0.6) is 5.75 Å². The highest BCUT2D eigenvalue weighted by molar-refractivity contribution is 5.82. The number of hydrogen-bond donors (Lipinski definition) is 2. The minimum absolute atomic E-state index is 0.0791. The zero-order valence-corrected chi connectivity index (χ0v) is 32.3. The maximum atomic E-state index is 6.59. The van der Waals surface area contributed by atoms with Gasteiger partial charge in [0, 0.05) is 33.9 Å². The third-order valence-corrected chi connectivity index (χ3v) is 11.8. The highest BCUT2D eigenvalue weighted by Crippen LogP contribution is 2.52. The Balaban J connectivity index is 0.984. The molecule has 0 saturated carbocycles. The number of nitrogens with zero attached hydrogens (tertiary/aromatic N) is 2. The lowest BCUT2D eigenvalue weighted by molar-refractivity contribution is 0.260. The first-order valence-electron chi connectivity index (χ1n) is 20.3. The van der Waals surface area contributed by atoms with E-state index in [1.807, 2.05) is 30.3 Å². The number of nitrogens with one attached hydrogen (secondary N) is 2. The smallest absolute Gasteiger partial charge is 0.196 e. The Kier molecular flexibility index (Phi) is 8.70. The van der Waals surface area contributed by atoms with Gasteiger partial charge in [-0.05, 0) is 69.6 Å². The van der Waals surface area contributed by atoms with Crippen LogP contribution in [0.15, 0.2) is 206 Å². The van der Waals surface area contributed by atoms with E-state index < -0.39 is 0 Å². The SMILES string of the molecule is C1=C(c2cccc(-c3ccccc3)c2)C=C2NC(c3ccc(-c4cc(-c5ccccc5)nc(-c5ccccc5)n4)cc3)c3ccc4c(c3C2C1)NC(c1ccccc1)O4. The van der Waals surface area contributed by atoms with Crippen LogP contribution < -0.4 is 15.4 Å². The van der Waals surface area contributed by atoms with Crippen LogP contribution in [0.25, 0.3) is 50.6 Å². The number of benzene rings is 7. The van der Waals surface area contributed by atoms with E-state index in [9.17, 15) is 0 Å². The Morgan fingerprint density at radius 2 is 1.10 bits per heavy atom. The number of ether oxygens (including phenoxy) is 1. The third-order valence-electron chi connectivity index (χ3n) is 11.8. The van der Waals surface area contributed by atoms with Crippen LogP contribution in [0, 0.1) is 0 Å². The molecule has 3 heterocycles. The van der Waals surface area contributed by atoms with Crippen LogP contribution in [0.3, 0.4) is 0 Å². The number of fused-ring (bicyclic) bond motifs is 5. The summed E-state index contributed by atoms with van der Waals surface area (Å²) in [5, 5.41) is 7.86. The van der Waals surface area contributed by atoms with Crippen LogP contribution in [-0.2, 0) is 0 Å². The van der Waals surface area contributed by atoms with E-state index in [0.717, 1.165) is 51.5 Å². The van der Waals surface area contributed by atoms with E-state index in [1.54, 1.807) is 0 Å². The fourth-order valence-corrected chi connectivity index (χ4v) is 8.80. The first-order chi connectivity index (χ1) is 29.2. The molecule has 8 aromatic rings. The fraction of sp³-hybridized carbons (Fsp3) is 0.0741. The van der Waals surface area contributed by atoms with Gasteiger partial charge in [-0.2, -0.15) is 0 Å². The monoisotopic (exact) mass is 760 g/mol. The highest BCUT2D eigenvalue weighted by Gasteiger charge is 2.38. The molecule has 0 spiro atoms. The second-order valence-electron chi connectivity index (χ2n) is 15.4. The molecule has 0 bridgehead atoms. The second-order valence-corrected chi connectivity index (χ2v) is 15.4. The van der Waals surface area contributed by atoms with Crippen molar-refractivity contribution < 1.29 is 4.74 Å². The molecule has 1 aliphatic carbocycles. The Bertz CT molecular complexity index is 2810. The summed E-state index contributed by atoms with van der Waals surface area (Å²) in [6.45, 7) is 0. The number of aromatic nitrogens is 2. The summed E-state index contributed by atoms with van der Waals surface area (Å²) in [4.78, 5) is 10.1. The molecule has 3 atom stereocenters. The quantitative estimate of drug-likeness (QED) is 0.169. The zero-order chi connectivity index (χ0) is 39.1. The highest BCUT2D eigenvalue weighted by atomic mass is 16.5. The summed E-state index contributed by atoms with van der Waals surface area (Å²) in [6, 6.07) is 65.8. The number of anilines is 1. The van der Waals surface area contributed by atoms with Crippen LogP contribution >= 0.6 is 0 Å². The second kappa shape index (κ2) is 14.8. The summed E-state index contributed by atoms with van der Waals surface area (Å²) in [5.41, 5.74) is 16.9. The molecule has 0 saturated heterocycles. The number of allylic oxidation sites excluding steroid dienone is 4. The van der Waals surface area contributed by atoms with E-state index in [0.29, 0.717) is 5.82 Å². The van der Waals surface area contributed by atoms with Crippen LogP contribution in [0.2, 0.25) is 0 Å². The molecule has 2 aliphatic heterocycles. The Hall–Kier alpha value is -7.50. The zero-order valence-electron chi connectivity index (χ0n) is 32.3. The number of hydrogen-bond acceptors (Lipinski definition) is 5. The predicted molar refractivity (Wildman–Crippen MR) is 238 cm³/mol. The Labute approximate surface area is 344 Å². The number of rotatable bonds is 7. The van der Waals surface area contributed by atoms with E-state index in [1.165, 1.54) is 44.7 Å². The molecule has 0 fully saturated rings. The normalized spacial score (nSPS) is 17.5. The van der Waals surface area contributed by atoms with Gasteiger partial charge in [0.2, 0.25) is 0 Å². The molecular weight excluding hydrogens is 721 g/mol. The van der Waals surface area contributed by atoms with Crippen molar-refractivity contribution in [1.29, 1.82) is 0 Å². The van der Waals surface area contributed by atoms with Crippen molar-refractivity contribution in [3.8, 4) is 50.8 Å². The molecule has 3 aliphatic rings. The molecule has 282 valence electrons. The topological polar surface area (TPSA) is 59.1 Å². The van der Waals surface area contributed by atoms with Gasteiger partial charge in [0.05, 0.1) is 23.1 Å². The molecule has 5 heteroatoms. The van der Waals surface area contributed by atoms with Gasteiger partial charge in [-0.1, -0.05) is 176 Å². The van der Waals surface area contributed by atoms with Crippen molar-refractivity contribution in [2.75, 3.05) is 5.32 Å². The van der Waals surface area contributed by atoms with Gasteiger partial charge in [0.15, 0.2) is 12.1 Å². The lowest BCUT2D eigenvalue weighted by Crippen LogP contribution is -2.33. The maximum absolute atomic E-state index is 6.59. The molecule has 5 nitrogen and oxygen atoms in total. The van der Waals surface area contributed by atoms with E-state index in [2.05, 4.69) is 181 Å². The molecule has 11 rings (SSSR count). The van der Waals surface area contributed by atoms with Crippen LogP contribution in [0.1, 0.15) is 52.4 Å². The van der Waals surface area contributed by atoms with Gasteiger partial charge in [-0.25, -0.2) is 9.97 Å². The summed E-state index contributed by atoms with van der Waals surface area (Å²) in [6.07, 6.45) is 5.39. The average Bonchev–Trinajstić information content (AvgIpc) is 3.77. The molecule has 0 radical (unpaired) electrons. The van der Waals surface area contributed by atoms with Crippen molar-refractivity contribution in [3.05, 3.63) is 234 Å². The van der Waals surface area contributed by atoms with Gasteiger partial charge in [-0.15, -0.1) is 0 Å². The summed E-state index contributed by atoms with van der Waals surface area (Å²) in [5.74, 6) is 1.75. The summed E-state index contributed by atoms with van der Waals surface area (Å²) in [7, 11) is 0. The lowest BCUT2D eigenvalue weighted by atomic mass is 9.76. The Morgan fingerprint density at radius 3 is 1.81 bits per heavy atom. The van der Waals surface area contributed by atoms with Crippen molar-refractivity contribution >= 4 is 11.3 Å². The van der Waals surface area contributed by atoms with Gasteiger partial charge < -0.3 is 15.4 Å². The van der Waals surface area contributed by atoms with Gasteiger partial charge in [0.1, 0.15) is 5.75 Å². The molecule has 3 unspecified atom stereocenters. The Morgan fingerprint density at radius 1 is 0.492 bits per heavy atom.